The second-order valence-electron chi connectivity index (χ2n) is 4.31. The van der Waals surface area contributed by atoms with Gasteiger partial charge in [0, 0.05) is 30.3 Å². The van der Waals surface area contributed by atoms with E-state index in [9.17, 15) is 0 Å². The molecule has 0 aliphatic carbocycles. The molecule has 0 radical (unpaired) electrons. The first-order valence-electron chi connectivity index (χ1n) is 4.76. The molecule has 0 fully saturated rings. The lowest BCUT2D eigenvalue weighted by molar-refractivity contribution is 0.537. The Labute approximate surface area is 79.9 Å². The van der Waals surface area contributed by atoms with Gasteiger partial charge in [0.15, 0.2) is 0 Å². The molecule has 1 aromatic rings. The summed E-state index contributed by atoms with van der Waals surface area (Å²) in [6.07, 6.45) is 2.04. The van der Waals surface area contributed by atoms with E-state index in [0.29, 0.717) is 6.54 Å². The van der Waals surface area contributed by atoms with Crippen molar-refractivity contribution in [3.8, 4) is 0 Å². The summed E-state index contributed by atoms with van der Waals surface area (Å²) in [4.78, 5) is 0. The van der Waals surface area contributed by atoms with Crippen LogP contribution in [0.1, 0.15) is 39.0 Å². The summed E-state index contributed by atoms with van der Waals surface area (Å²) in [5.41, 5.74) is 8.04. The third kappa shape index (κ3) is 2.10. The highest BCUT2D eigenvalue weighted by atomic mass is 15.3. The summed E-state index contributed by atoms with van der Waals surface area (Å²) < 4.78 is 1.95. The van der Waals surface area contributed by atoms with Crippen LogP contribution in [0.5, 0.6) is 0 Å². The number of aromatic nitrogens is 2. The first kappa shape index (κ1) is 10.3. The monoisotopic (exact) mass is 181 g/mol. The lowest BCUT2D eigenvalue weighted by Crippen LogP contribution is -2.16. The third-order valence-electron chi connectivity index (χ3n) is 2.09. The van der Waals surface area contributed by atoms with Crippen LogP contribution < -0.4 is 5.73 Å². The molecule has 1 rings (SSSR count). The number of aryl methyl sites for hydroxylation is 1. The first-order valence-corrected chi connectivity index (χ1v) is 4.76. The topological polar surface area (TPSA) is 43.8 Å². The van der Waals surface area contributed by atoms with Crippen molar-refractivity contribution in [2.75, 3.05) is 0 Å². The fourth-order valence-electron chi connectivity index (χ4n) is 1.41. The maximum atomic E-state index is 5.66. The smallest absolute Gasteiger partial charge is 0.0722 e. The van der Waals surface area contributed by atoms with E-state index in [1.54, 1.807) is 0 Å². The minimum atomic E-state index is 0.0924. The standard InChI is InChI=1S/C10H19N3/c1-5-13-7-8(6-11)9(12-13)10(2,3)4/h7H,5-6,11H2,1-4H3. The van der Waals surface area contributed by atoms with Crippen LogP contribution in [0.2, 0.25) is 0 Å². The van der Waals surface area contributed by atoms with Crippen molar-refractivity contribution in [2.24, 2.45) is 5.73 Å². The molecule has 3 nitrogen and oxygen atoms in total. The molecule has 0 amide bonds. The molecule has 13 heavy (non-hydrogen) atoms. The fraction of sp³-hybridized carbons (Fsp3) is 0.700. The van der Waals surface area contributed by atoms with E-state index in [1.165, 1.54) is 0 Å². The number of rotatable bonds is 2. The van der Waals surface area contributed by atoms with E-state index in [2.05, 4.69) is 32.8 Å². The van der Waals surface area contributed by atoms with Crippen molar-refractivity contribution in [1.29, 1.82) is 0 Å². The summed E-state index contributed by atoms with van der Waals surface area (Å²) in [5.74, 6) is 0. The first-order chi connectivity index (χ1) is 5.99. The van der Waals surface area contributed by atoms with Crippen molar-refractivity contribution in [1.82, 2.24) is 9.78 Å². The van der Waals surface area contributed by atoms with E-state index in [4.69, 9.17) is 5.73 Å². The molecule has 0 aliphatic heterocycles. The summed E-state index contributed by atoms with van der Waals surface area (Å²) in [6, 6.07) is 0. The van der Waals surface area contributed by atoms with Crippen LogP contribution in [0.15, 0.2) is 6.20 Å². The molecule has 0 unspecified atom stereocenters. The average Bonchev–Trinajstić information content (AvgIpc) is 2.46. The van der Waals surface area contributed by atoms with Gasteiger partial charge in [0.1, 0.15) is 0 Å². The van der Waals surface area contributed by atoms with Crippen LogP contribution in [0.4, 0.5) is 0 Å². The maximum Gasteiger partial charge on any atom is 0.0722 e. The van der Waals surface area contributed by atoms with E-state index in [0.717, 1.165) is 17.8 Å². The number of hydrogen-bond acceptors (Lipinski definition) is 2. The van der Waals surface area contributed by atoms with Gasteiger partial charge >= 0.3 is 0 Å². The van der Waals surface area contributed by atoms with Crippen LogP contribution >= 0.6 is 0 Å². The second kappa shape index (κ2) is 3.50. The highest BCUT2D eigenvalue weighted by Gasteiger charge is 2.21. The SMILES string of the molecule is CCn1cc(CN)c(C(C)(C)C)n1. The highest BCUT2D eigenvalue weighted by molar-refractivity contribution is 5.23. The van der Waals surface area contributed by atoms with Crippen LogP contribution in [0, 0.1) is 0 Å². The van der Waals surface area contributed by atoms with Crippen molar-refractivity contribution < 1.29 is 0 Å². The van der Waals surface area contributed by atoms with E-state index < -0.39 is 0 Å². The molecule has 0 atom stereocenters. The Morgan fingerprint density at radius 2 is 2.08 bits per heavy atom. The van der Waals surface area contributed by atoms with Gasteiger partial charge in [0.05, 0.1) is 5.69 Å². The molecular formula is C10H19N3. The normalized spacial score (nSPS) is 12.1. The van der Waals surface area contributed by atoms with Gasteiger partial charge in [-0.15, -0.1) is 0 Å². The lowest BCUT2D eigenvalue weighted by Gasteiger charge is -2.16. The van der Waals surface area contributed by atoms with Gasteiger partial charge in [-0.2, -0.15) is 5.10 Å². The van der Waals surface area contributed by atoms with Crippen molar-refractivity contribution in [3.05, 3.63) is 17.5 Å². The van der Waals surface area contributed by atoms with Crippen molar-refractivity contribution in [2.45, 2.75) is 46.2 Å². The zero-order valence-electron chi connectivity index (χ0n) is 8.96. The minimum absolute atomic E-state index is 0.0924. The molecule has 0 spiro atoms. The van der Waals surface area contributed by atoms with Crippen LogP contribution in [-0.2, 0) is 18.5 Å². The highest BCUT2D eigenvalue weighted by Crippen LogP contribution is 2.23. The van der Waals surface area contributed by atoms with E-state index in [1.807, 2.05) is 10.9 Å². The van der Waals surface area contributed by atoms with Crippen molar-refractivity contribution in [3.63, 3.8) is 0 Å². The molecule has 0 aliphatic rings. The Kier molecular flexibility index (Phi) is 2.76. The minimum Gasteiger partial charge on any atom is -0.326 e. The Morgan fingerprint density at radius 1 is 1.46 bits per heavy atom. The molecule has 2 N–H and O–H groups in total. The number of hydrogen-bond donors (Lipinski definition) is 1. The summed E-state index contributed by atoms with van der Waals surface area (Å²) in [5, 5.41) is 4.51. The Hall–Kier alpha value is -0.830. The lowest BCUT2D eigenvalue weighted by atomic mass is 9.90. The molecule has 0 saturated carbocycles. The van der Waals surface area contributed by atoms with Crippen molar-refractivity contribution >= 4 is 0 Å². The van der Waals surface area contributed by atoms with E-state index in [-0.39, 0.29) is 5.41 Å². The molecule has 3 heteroatoms. The van der Waals surface area contributed by atoms with Crippen LogP contribution in [-0.4, -0.2) is 9.78 Å². The van der Waals surface area contributed by atoms with Gasteiger partial charge < -0.3 is 5.73 Å². The molecule has 0 saturated heterocycles. The Bertz CT molecular complexity index is 281. The molecule has 1 heterocycles. The van der Waals surface area contributed by atoms with Crippen LogP contribution in [0.25, 0.3) is 0 Å². The predicted molar refractivity (Wildman–Crippen MR) is 54.5 cm³/mol. The average molecular weight is 181 g/mol. The zero-order valence-corrected chi connectivity index (χ0v) is 8.96. The summed E-state index contributed by atoms with van der Waals surface area (Å²) in [6.45, 7) is 10.0. The number of nitrogens with two attached hydrogens (primary N) is 1. The maximum absolute atomic E-state index is 5.66. The second-order valence-corrected chi connectivity index (χ2v) is 4.31. The predicted octanol–water partition coefficient (Wildman–Crippen LogP) is 1.66. The van der Waals surface area contributed by atoms with Gasteiger partial charge in [0.2, 0.25) is 0 Å². The summed E-state index contributed by atoms with van der Waals surface area (Å²) in [7, 11) is 0. The van der Waals surface area contributed by atoms with Gasteiger partial charge in [-0.05, 0) is 6.92 Å². The molecule has 74 valence electrons. The van der Waals surface area contributed by atoms with Gasteiger partial charge in [-0.25, -0.2) is 0 Å². The van der Waals surface area contributed by atoms with Gasteiger partial charge in [-0.1, -0.05) is 20.8 Å². The molecule has 0 bridgehead atoms. The van der Waals surface area contributed by atoms with Gasteiger partial charge in [-0.3, -0.25) is 4.68 Å². The quantitative estimate of drug-likeness (QED) is 0.754. The largest absolute Gasteiger partial charge is 0.326 e. The fourth-order valence-corrected chi connectivity index (χ4v) is 1.41. The zero-order chi connectivity index (χ0) is 10.1. The molecular weight excluding hydrogens is 162 g/mol. The molecule has 1 aromatic heterocycles. The Balaban J connectivity index is 3.11. The molecule has 0 aromatic carbocycles. The van der Waals surface area contributed by atoms with Crippen LogP contribution in [0.3, 0.4) is 0 Å². The third-order valence-corrected chi connectivity index (χ3v) is 2.09. The van der Waals surface area contributed by atoms with E-state index >= 15 is 0 Å². The number of nitrogens with zero attached hydrogens (tertiary/aromatic N) is 2. The summed E-state index contributed by atoms with van der Waals surface area (Å²) >= 11 is 0. The Morgan fingerprint density at radius 3 is 2.38 bits per heavy atom. The van der Waals surface area contributed by atoms with Gasteiger partial charge in [0.25, 0.3) is 0 Å².